The number of carbonyl (C=O) groups excluding carboxylic acids is 1. The molecule has 8 atom stereocenters. The Morgan fingerprint density at radius 3 is 2.78 bits per heavy atom. The summed E-state index contributed by atoms with van der Waals surface area (Å²) in [6.45, 7) is 4.86. The molecule has 0 aromatic carbocycles. The van der Waals surface area contributed by atoms with E-state index in [0.29, 0.717) is 24.2 Å². The zero-order valence-corrected chi connectivity index (χ0v) is 19.5. The molecule has 4 aliphatic carbocycles. The third-order valence-corrected chi connectivity index (χ3v) is 10.3. The first kappa shape index (κ1) is 20.8. The van der Waals surface area contributed by atoms with Gasteiger partial charge in [0, 0.05) is 29.9 Å². The normalized spacial score (nSPS) is 43.5. The van der Waals surface area contributed by atoms with E-state index in [1.807, 2.05) is 30.1 Å². The van der Waals surface area contributed by atoms with Gasteiger partial charge in [-0.3, -0.25) is 14.5 Å². The molecule has 0 bridgehead atoms. The molecular formula is C27H37N3O2. The Kier molecular flexibility index (Phi) is 4.80. The van der Waals surface area contributed by atoms with Crippen molar-refractivity contribution in [1.82, 2.24) is 14.8 Å². The Hall–Kier alpha value is -1.75. The van der Waals surface area contributed by atoms with E-state index in [-0.39, 0.29) is 11.3 Å². The maximum absolute atomic E-state index is 13.5. The van der Waals surface area contributed by atoms with E-state index < -0.39 is 5.60 Å². The maximum Gasteiger partial charge on any atom is 0.157 e. The number of pyridine rings is 1. The lowest BCUT2D eigenvalue weighted by Gasteiger charge is -2.56. The zero-order chi connectivity index (χ0) is 22.1. The first-order chi connectivity index (χ1) is 15.3. The van der Waals surface area contributed by atoms with Gasteiger partial charge in [-0.15, -0.1) is 0 Å². The van der Waals surface area contributed by atoms with Gasteiger partial charge < -0.3 is 5.11 Å². The van der Waals surface area contributed by atoms with Gasteiger partial charge in [0.1, 0.15) is 0 Å². The van der Waals surface area contributed by atoms with Crippen LogP contribution < -0.4 is 0 Å². The van der Waals surface area contributed by atoms with E-state index >= 15 is 0 Å². The van der Waals surface area contributed by atoms with Crippen LogP contribution in [0.25, 0.3) is 10.9 Å². The Bertz CT molecular complexity index is 996. The molecule has 32 heavy (non-hydrogen) atoms. The highest BCUT2D eigenvalue weighted by Gasteiger charge is 2.58. The van der Waals surface area contributed by atoms with Crippen molar-refractivity contribution in [2.75, 3.05) is 0 Å². The van der Waals surface area contributed by atoms with Crippen LogP contribution in [0.3, 0.4) is 0 Å². The molecule has 6 rings (SSSR count). The Labute approximate surface area is 191 Å². The van der Waals surface area contributed by atoms with E-state index in [0.717, 1.165) is 47.9 Å². The van der Waals surface area contributed by atoms with E-state index in [4.69, 9.17) is 0 Å². The standard InChI is InChI=1S/C27H37N3O2/c1-26(32)10-7-19-17(13-26)3-4-21-20(19)8-11-27(2)22(21)5-6-23(27)25(31)16-30-15-18-14-28-12-9-24(18)29-30/h9,12,14-15,17,19-23,32H,3-8,10-11,13,16H2,1-2H3/t17-,19+,20-,21-,22+,23-,26-,27+/m1/s1. The number of aromatic nitrogens is 3. The molecule has 2 aromatic rings. The highest BCUT2D eigenvalue weighted by Crippen LogP contribution is 2.64. The molecule has 0 radical (unpaired) electrons. The topological polar surface area (TPSA) is 68.0 Å². The SMILES string of the molecule is C[C@@]1(O)CC[C@H]2[C@H](CC[C@@H]3[C@@H]2CC[C@]2(C)[C@@H](C(=O)Cn4cc5cnccc5n4)CC[C@@H]32)C1. The van der Waals surface area contributed by atoms with Gasteiger partial charge in [0.2, 0.25) is 0 Å². The zero-order valence-electron chi connectivity index (χ0n) is 19.5. The van der Waals surface area contributed by atoms with Crippen LogP contribution in [0.5, 0.6) is 0 Å². The third-order valence-electron chi connectivity index (χ3n) is 10.3. The van der Waals surface area contributed by atoms with Gasteiger partial charge in [-0.25, -0.2) is 0 Å². The van der Waals surface area contributed by atoms with Crippen molar-refractivity contribution in [2.45, 2.75) is 83.8 Å². The molecule has 1 N–H and O–H groups in total. The molecule has 4 saturated carbocycles. The number of aliphatic hydroxyl groups is 1. The summed E-state index contributed by atoms with van der Waals surface area (Å²) in [5.41, 5.74) is 0.612. The van der Waals surface area contributed by atoms with E-state index in [1.165, 1.54) is 38.5 Å². The van der Waals surface area contributed by atoms with Crippen LogP contribution >= 0.6 is 0 Å². The molecule has 172 valence electrons. The average Bonchev–Trinajstić information content (AvgIpc) is 3.32. The van der Waals surface area contributed by atoms with Crippen molar-refractivity contribution < 1.29 is 9.90 Å². The maximum atomic E-state index is 13.5. The fourth-order valence-electron chi connectivity index (χ4n) is 8.88. The lowest BCUT2D eigenvalue weighted by Crippen LogP contribution is -2.51. The Balaban J connectivity index is 1.18. The van der Waals surface area contributed by atoms with Crippen LogP contribution in [-0.2, 0) is 11.3 Å². The molecule has 4 fully saturated rings. The number of carbonyl (C=O) groups is 1. The monoisotopic (exact) mass is 435 g/mol. The predicted octanol–water partition coefficient (Wildman–Crippen LogP) is 5.02. The molecule has 0 saturated heterocycles. The van der Waals surface area contributed by atoms with Crippen LogP contribution in [0.2, 0.25) is 0 Å². The smallest absolute Gasteiger partial charge is 0.157 e. The highest BCUT2D eigenvalue weighted by atomic mass is 16.3. The van der Waals surface area contributed by atoms with E-state index in [2.05, 4.69) is 17.0 Å². The number of fused-ring (bicyclic) bond motifs is 6. The number of ketones is 1. The minimum atomic E-state index is -0.449. The number of hydrogen-bond donors (Lipinski definition) is 1. The van der Waals surface area contributed by atoms with Gasteiger partial charge in [0.15, 0.2) is 5.78 Å². The summed E-state index contributed by atoms with van der Waals surface area (Å²) in [5, 5.41) is 16.2. The molecule has 0 amide bonds. The Morgan fingerprint density at radius 1 is 1.09 bits per heavy atom. The molecule has 2 aromatic heterocycles. The van der Waals surface area contributed by atoms with Gasteiger partial charge in [-0.1, -0.05) is 6.92 Å². The van der Waals surface area contributed by atoms with Crippen molar-refractivity contribution in [3.63, 3.8) is 0 Å². The van der Waals surface area contributed by atoms with Crippen molar-refractivity contribution >= 4 is 16.7 Å². The number of Topliss-reactive ketones (excluding diaryl/α,β-unsaturated/α-hetero) is 1. The second-order valence-electron chi connectivity index (χ2n) is 12.1. The van der Waals surface area contributed by atoms with Crippen LogP contribution in [-0.4, -0.2) is 31.3 Å². The fraction of sp³-hybridized carbons (Fsp3) is 0.741. The lowest BCUT2D eigenvalue weighted by molar-refractivity contribution is -0.133. The van der Waals surface area contributed by atoms with Gasteiger partial charge in [-0.2, -0.15) is 5.10 Å². The third kappa shape index (κ3) is 3.26. The summed E-state index contributed by atoms with van der Waals surface area (Å²) < 4.78 is 1.83. The summed E-state index contributed by atoms with van der Waals surface area (Å²) in [5.74, 6) is 4.36. The number of rotatable bonds is 3. The van der Waals surface area contributed by atoms with Gasteiger partial charge >= 0.3 is 0 Å². The van der Waals surface area contributed by atoms with Crippen LogP contribution in [0, 0.1) is 40.9 Å². The fourth-order valence-corrected chi connectivity index (χ4v) is 8.88. The molecular weight excluding hydrogens is 398 g/mol. The minimum absolute atomic E-state index is 0.152. The second-order valence-corrected chi connectivity index (χ2v) is 12.1. The summed E-state index contributed by atoms with van der Waals surface area (Å²) in [4.78, 5) is 17.7. The van der Waals surface area contributed by atoms with Crippen LogP contribution in [0.15, 0.2) is 24.7 Å². The second kappa shape index (κ2) is 7.38. The minimum Gasteiger partial charge on any atom is -0.390 e. The number of nitrogens with zero attached hydrogens (tertiary/aromatic N) is 3. The molecule has 0 unspecified atom stereocenters. The molecule has 4 aliphatic rings. The first-order valence-electron chi connectivity index (χ1n) is 12.9. The quantitative estimate of drug-likeness (QED) is 0.735. The molecule has 5 nitrogen and oxygen atoms in total. The van der Waals surface area contributed by atoms with Gasteiger partial charge in [-0.05, 0) is 106 Å². The molecule has 0 aliphatic heterocycles. The molecule has 0 spiro atoms. The Morgan fingerprint density at radius 2 is 1.94 bits per heavy atom. The van der Waals surface area contributed by atoms with Crippen molar-refractivity contribution in [3.05, 3.63) is 24.7 Å². The summed E-state index contributed by atoms with van der Waals surface area (Å²) >= 11 is 0. The summed E-state index contributed by atoms with van der Waals surface area (Å²) in [7, 11) is 0. The first-order valence-corrected chi connectivity index (χ1v) is 12.9. The van der Waals surface area contributed by atoms with Crippen molar-refractivity contribution in [3.8, 4) is 0 Å². The van der Waals surface area contributed by atoms with Gasteiger partial charge in [0.05, 0.1) is 17.7 Å². The largest absolute Gasteiger partial charge is 0.390 e. The van der Waals surface area contributed by atoms with Crippen molar-refractivity contribution in [1.29, 1.82) is 0 Å². The predicted molar refractivity (Wildman–Crippen MR) is 124 cm³/mol. The molecule has 5 heteroatoms. The van der Waals surface area contributed by atoms with E-state index in [1.54, 1.807) is 6.20 Å². The lowest BCUT2D eigenvalue weighted by atomic mass is 9.49. The van der Waals surface area contributed by atoms with Crippen LogP contribution in [0.4, 0.5) is 0 Å². The summed E-state index contributed by atoms with van der Waals surface area (Å²) in [6, 6.07) is 1.91. The van der Waals surface area contributed by atoms with E-state index in [9.17, 15) is 9.90 Å². The highest BCUT2D eigenvalue weighted by molar-refractivity contribution is 5.83. The van der Waals surface area contributed by atoms with Crippen LogP contribution in [0.1, 0.15) is 71.6 Å². The van der Waals surface area contributed by atoms with Crippen molar-refractivity contribution in [2.24, 2.45) is 40.9 Å². The van der Waals surface area contributed by atoms with Gasteiger partial charge in [0.25, 0.3) is 0 Å². The molecule has 2 heterocycles. The average molecular weight is 436 g/mol. The number of hydrogen-bond acceptors (Lipinski definition) is 4. The summed E-state index contributed by atoms with van der Waals surface area (Å²) in [6.07, 6.45) is 16.0.